The lowest BCUT2D eigenvalue weighted by molar-refractivity contribution is 0.279. The fourth-order valence-corrected chi connectivity index (χ4v) is 2.20. The zero-order valence-electron chi connectivity index (χ0n) is 14.1. The van der Waals surface area contributed by atoms with Crippen molar-refractivity contribution in [3.8, 4) is 11.8 Å². The SMILES string of the molecule is COc1ccc(CNc2nc(OCc3ccc(F)cc3)ncc2F)cc1. The third-order valence-corrected chi connectivity index (χ3v) is 3.62. The highest BCUT2D eigenvalue weighted by molar-refractivity contribution is 5.38. The van der Waals surface area contributed by atoms with E-state index in [1.807, 2.05) is 24.3 Å². The van der Waals surface area contributed by atoms with Gasteiger partial charge in [-0.05, 0) is 35.4 Å². The first-order valence-corrected chi connectivity index (χ1v) is 7.90. The van der Waals surface area contributed by atoms with E-state index in [9.17, 15) is 8.78 Å². The van der Waals surface area contributed by atoms with Gasteiger partial charge in [-0.1, -0.05) is 24.3 Å². The Labute approximate surface area is 149 Å². The molecule has 0 atom stereocenters. The fraction of sp³-hybridized carbons (Fsp3) is 0.158. The van der Waals surface area contributed by atoms with Gasteiger partial charge in [-0.15, -0.1) is 0 Å². The molecule has 0 radical (unpaired) electrons. The second-order valence-electron chi connectivity index (χ2n) is 5.47. The topological polar surface area (TPSA) is 56.3 Å². The first-order chi connectivity index (χ1) is 12.6. The molecule has 7 heteroatoms. The van der Waals surface area contributed by atoms with Crippen molar-refractivity contribution in [2.45, 2.75) is 13.2 Å². The molecule has 0 bridgehead atoms. The van der Waals surface area contributed by atoms with Crippen LogP contribution in [-0.2, 0) is 13.2 Å². The van der Waals surface area contributed by atoms with Gasteiger partial charge < -0.3 is 14.8 Å². The molecule has 0 amide bonds. The van der Waals surface area contributed by atoms with E-state index in [-0.39, 0.29) is 24.3 Å². The molecule has 0 unspecified atom stereocenters. The first-order valence-electron chi connectivity index (χ1n) is 7.90. The van der Waals surface area contributed by atoms with Crippen molar-refractivity contribution in [3.63, 3.8) is 0 Å². The molecule has 0 fully saturated rings. The molecule has 26 heavy (non-hydrogen) atoms. The lowest BCUT2D eigenvalue weighted by Gasteiger charge is -2.09. The van der Waals surface area contributed by atoms with Crippen LogP contribution in [0.15, 0.2) is 54.7 Å². The number of nitrogens with zero attached hydrogens (tertiary/aromatic N) is 2. The quantitative estimate of drug-likeness (QED) is 0.694. The number of hydrogen-bond acceptors (Lipinski definition) is 5. The summed E-state index contributed by atoms with van der Waals surface area (Å²) in [6.45, 7) is 0.541. The maximum atomic E-state index is 13.9. The van der Waals surface area contributed by atoms with Gasteiger partial charge in [0.25, 0.3) is 0 Å². The number of methoxy groups -OCH3 is 1. The van der Waals surface area contributed by atoms with Crippen LogP contribution in [0, 0.1) is 11.6 Å². The smallest absolute Gasteiger partial charge is 0.318 e. The third-order valence-electron chi connectivity index (χ3n) is 3.62. The second-order valence-corrected chi connectivity index (χ2v) is 5.47. The highest BCUT2D eigenvalue weighted by Crippen LogP contribution is 2.17. The summed E-state index contributed by atoms with van der Waals surface area (Å²) in [5.41, 5.74) is 1.70. The number of hydrogen-bond donors (Lipinski definition) is 1. The summed E-state index contributed by atoms with van der Waals surface area (Å²) < 4.78 is 37.3. The number of anilines is 1. The summed E-state index contributed by atoms with van der Waals surface area (Å²) in [6.07, 6.45) is 1.04. The number of aromatic nitrogens is 2. The summed E-state index contributed by atoms with van der Waals surface area (Å²) in [7, 11) is 1.59. The Balaban J connectivity index is 1.62. The Bertz CT molecular complexity index is 856. The van der Waals surface area contributed by atoms with Crippen LogP contribution in [0.2, 0.25) is 0 Å². The summed E-state index contributed by atoms with van der Waals surface area (Å²) in [6, 6.07) is 13.3. The summed E-state index contributed by atoms with van der Waals surface area (Å²) in [5.74, 6) is -0.104. The Morgan fingerprint density at radius 3 is 2.35 bits per heavy atom. The van der Waals surface area contributed by atoms with E-state index in [0.717, 1.165) is 23.1 Å². The van der Waals surface area contributed by atoms with Crippen molar-refractivity contribution >= 4 is 5.82 Å². The van der Waals surface area contributed by atoms with Crippen molar-refractivity contribution in [1.29, 1.82) is 0 Å². The van der Waals surface area contributed by atoms with Gasteiger partial charge in [0.1, 0.15) is 18.2 Å². The average molecular weight is 357 g/mol. The van der Waals surface area contributed by atoms with Crippen LogP contribution in [0.3, 0.4) is 0 Å². The molecule has 5 nitrogen and oxygen atoms in total. The Hall–Kier alpha value is -3.22. The van der Waals surface area contributed by atoms with E-state index < -0.39 is 5.82 Å². The van der Waals surface area contributed by atoms with Gasteiger partial charge in [0.15, 0.2) is 11.6 Å². The maximum absolute atomic E-state index is 13.9. The lowest BCUT2D eigenvalue weighted by atomic mass is 10.2. The minimum atomic E-state index is -0.576. The van der Waals surface area contributed by atoms with Gasteiger partial charge in [0.2, 0.25) is 0 Å². The van der Waals surface area contributed by atoms with Crippen molar-refractivity contribution < 1.29 is 18.3 Å². The molecule has 1 aromatic heterocycles. The minimum absolute atomic E-state index is 0.0351. The van der Waals surface area contributed by atoms with Gasteiger partial charge >= 0.3 is 6.01 Å². The number of benzene rings is 2. The number of nitrogens with one attached hydrogen (secondary N) is 1. The molecule has 0 spiro atoms. The van der Waals surface area contributed by atoms with Crippen LogP contribution >= 0.6 is 0 Å². The largest absolute Gasteiger partial charge is 0.497 e. The maximum Gasteiger partial charge on any atom is 0.318 e. The van der Waals surface area contributed by atoms with Gasteiger partial charge in [0.05, 0.1) is 13.3 Å². The van der Waals surface area contributed by atoms with Crippen LogP contribution < -0.4 is 14.8 Å². The average Bonchev–Trinajstić information content (AvgIpc) is 2.68. The van der Waals surface area contributed by atoms with Gasteiger partial charge in [-0.25, -0.2) is 13.8 Å². The van der Waals surface area contributed by atoms with Crippen LogP contribution in [-0.4, -0.2) is 17.1 Å². The Kier molecular flexibility index (Phi) is 5.58. The predicted octanol–water partition coefficient (Wildman–Crippen LogP) is 3.95. The highest BCUT2D eigenvalue weighted by atomic mass is 19.1. The molecule has 134 valence electrons. The lowest BCUT2D eigenvalue weighted by Crippen LogP contribution is -2.07. The molecule has 0 saturated carbocycles. The number of rotatable bonds is 7. The van der Waals surface area contributed by atoms with Gasteiger partial charge in [0, 0.05) is 6.54 Å². The number of ether oxygens (including phenoxy) is 2. The second kappa shape index (κ2) is 8.24. The molecule has 0 aliphatic carbocycles. The molecule has 3 rings (SSSR count). The van der Waals surface area contributed by atoms with Crippen molar-refractivity contribution in [1.82, 2.24) is 9.97 Å². The van der Waals surface area contributed by atoms with E-state index >= 15 is 0 Å². The van der Waals surface area contributed by atoms with E-state index in [1.54, 1.807) is 19.2 Å². The monoisotopic (exact) mass is 357 g/mol. The molecule has 0 saturated heterocycles. The third kappa shape index (κ3) is 4.66. The Morgan fingerprint density at radius 2 is 1.65 bits per heavy atom. The summed E-state index contributed by atoms with van der Waals surface area (Å²) in [4.78, 5) is 7.85. The highest BCUT2D eigenvalue weighted by Gasteiger charge is 2.08. The van der Waals surface area contributed by atoms with E-state index in [0.29, 0.717) is 6.54 Å². The molecule has 1 heterocycles. The zero-order valence-corrected chi connectivity index (χ0v) is 14.1. The summed E-state index contributed by atoms with van der Waals surface area (Å²) >= 11 is 0. The van der Waals surface area contributed by atoms with E-state index in [1.165, 1.54) is 12.1 Å². The van der Waals surface area contributed by atoms with Gasteiger partial charge in [-0.2, -0.15) is 4.98 Å². The predicted molar refractivity (Wildman–Crippen MR) is 93.0 cm³/mol. The molecule has 0 aliphatic rings. The van der Waals surface area contributed by atoms with Crippen LogP contribution in [0.5, 0.6) is 11.8 Å². The first kappa shape index (κ1) is 17.6. The van der Waals surface area contributed by atoms with Crippen molar-refractivity contribution in [2.24, 2.45) is 0 Å². The molecule has 3 aromatic rings. The molecular formula is C19H17F2N3O2. The Morgan fingerprint density at radius 1 is 0.962 bits per heavy atom. The van der Waals surface area contributed by atoms with Crippen molar-refractivity contribution in [2.75, 3.05) is 12.4 Å². The standard InChI is InChI=1S/C19H17F2N3O2/c1-25-16-8-4-13(5-9-16)10-22-18-17(21)11-23-19(24-18)26-12-14-2-6-15(20)7-3-14/h2-9,11H,10,12H2,1H3,(H,22,23,24). The molecule has 0 aliphatic heterocycles. The fourth-order valence-electron chi connectivity index (χ4n) is 2.20. The van der Waals surface area contributed by atoms with Crippen LogP contribution in [0.1, 0.15) is 11.1 Å². The van der Waals surface area contributed by atoms with E-state index in [4.69, 9.17) is 9.47 Å². The molecule has 1 N–H and O–H groups in total. The molecule has 2 aromatic carbocycles. The normalized spacial score (nSPS) is 10.4. The summed E-state index contributed by atoms with van der Waals surface area (Å²) in [5, 5.41) is 2.92. The minimum Gasteiger partial charge on any atom is -0.497 e. The van der Waals surface area contributed by atoms with Crippen LogP contribution in [0.25, 0.3) is 0 Å². The van der Waals surface area contributed by atoms with Crippen LogP contribution in [0.4, 0.5) is 14.6 Å². The van der Waals surface area contributed by atoms with E-state index in [2.05, 4.69) is 15.3 Å². The van der Waals surface area contributed by atoms with Gasteiger partial charge in [-0.3, -0.25) is 0 Å². The molecular weight excluding hydrogens is 340 g/mol. The number of halogens is 2. The van der Waals surface area contributed by atoms with Crippen molar-refractivity contribution in [3.05, 3.63) is 77.5 Å². The zero-order chi connectivity index (χ0) is 18.4.